The van der Waals surface area contributed by atoms with Gasteiger partial charge in [-0.05, 0) is 30.3 Å². The van der Waals surface area contributed by atoms with Crippen molar-refractivity contribution in [2.24, 2.45) is 5.73 Å². The SMILES string of the molecule is NC[C@H]1CN(c2c(NC(=O)c3ccn(CC(F)F)n3)ccc(Oc3ccccc3F)c2C(F)(F)F)CCN1. The number of nitrogens with two attached hydrogens (primary N) is 1. The Bertz CT molecular complexity index is 1280. The Kier molecular flexibility index (Phi) is 8.11. The number of alkyl halides is 5. The number of halogens is 6. The average Bonchev–Trinajstić information content (AvgIpc) is 3.33. The number of para-hydroxylation sites is 1. The van der Waals surface area contributed by atoms with Crippen molar-refractivity contribution in [1.29, 1.82) is 0 Å². The number of hydrogen-bond acceptors (Lipinski definition) is 6. The Morgan fingerprint density at radius 3 is 2.63 bits per heavy atom. The molecule has 1 saturated heterocycles. The summed E-state index contributed by atoms with van der Waals surface area (Å²) in [6.45, 7) is -0.0845. The second kappa shape index (κ2) is 11.3. The van der Waals surface area contributed by atoms with E-state index in [1.54, 1.807) is 0 Å². The van der Waals surface area contributed by atoms with E-state index in [-0.39, 0.29) is 37.1 Å². The van der Waals surface area contributed by atoms with Gasteiger partial charge in [0.05, 0.1) is 11.4 Å². The fourth-order valence-corrected chi connectivity index (χ4v) is 4.11. The second-order valence-corrected chi connectivity index (χ2v) is 8.47. The van der Waals surface area contributed by atoms with Gasteiger partial charge < -0.3 is 26.0 Å². The molecule has 0 saturated carbocycles. The molecule has 4 rings (SSSR count). The van der Waals surface area contributed by atoms with Crippen LogP contribution in [0.3, 0.4) is 0 Å². The third-order valence-corrected chi connectivity index (χ3v) is 5.78. The van der Waals surface area contributed by atoms with Gasteiger partial charge in [-0.3, -0.25) is 9.48 Å². The van der Waals surface area contributed by atoms with Crippen molar-refractivity contribution in [3.63, 3.8) is 0 Å². The van der Waals surface area contributed by atoms with Crippen molar-refractivity contribution in [3.8, 4) is 11.5 Å². The van der Waals surface area contributed by atoms with Gasteiger partial charge in [-0.1, -0.05) is 12.1 Å². The summed E-state index contributed by atoms with van der Waals surface area (Å²) >= 11 is 0. The molecule has 8 nitrogen and oxygen atoms in total. The lowest BCUT2D eigenvalue weighted by atomic mass is 10.0. The number of piperazine rings is 1. The first-order valence-electron chi connectivity index (χ1n) is 11.5. The van der Waals surface area contributed by atoms with E-state index in [0.29, 0.717) is 6.54 Å². The van der Waals surface area contributed by atoms with Crippen molar-refractivity contribution < 1.29 is 35.9 Å². The molecule has 1 atom stereocenters. The third kappa shape index (κ3) is 6.19. The maximum Gasteiger partial charge on any atom is 0.422 e. The topological polar surface area (TPSA) is 97.4 Å². The molecule has 3 aromatic rings. The summed E-state index contributed by atoms with van der Waals surface area (Å²) in [7, 11) is 0. The molecule has 1 fully saturated rings. The molecule has 1 aliphatic rings. The van der Waals surface area contributed by atoms with E-state index in [1.807, 2.05) is 0 Å². The summed E-state index contributed by atoms with van der Waals surface area (Å²) in [4.78, 5) is 14.3. The summed E-state index contributed by atoms with van der Waals surface area (Å²) in [5, 5.41) is 9.28. The van der Waals surface area contributed by atoms with Crippen LogP contribution in [0.2, 0.25) is 0 Å². The number of aromatic nitrogens is 2. The summed E-state index contributed by atoms with van der Waals surface area (Å²) in [5.41, 5.74) is 3.63. The largest absolute Gasteiger partial charge is 0.454 e. The van der Waals surface area contributed by atoms with E-state index in [2.05, 4.69) is 15.7 Å². The highest BCUT2D eigenvalue weighted by Crippen LogP contribution is 2.48. The molecule has 2 aromatic carbocycles. The van der Waals surface area contributed by atoms with Gasteiger partial charge in [0.15, 0.2) is 17.3 Å². The van der Waals surface area contributed by atoms with Crippen molar-refractivity contribution in [2.75, 3.05) is 36.4 Å². The van der Waals surface area contributed by atoms with Crippen LogP contribution in [0.5, 0.6) is 11.5 Å². The molecular weight excluding hydrogens is 518 g/mol. The van der Waals surface area contributed by atoms with Crippen molar-refractivity contribution in [2.45, 2.75) is 25.2 Å². The maximum atomic E-state index is 14.6. The highest BCUT2D eigenvalue weighted by molar-refractivity contribution is 6.05. The van der Waals surface area contributed by atoms with Crippen LogP contribution in [-0.4, -0.2) is 54.3 Å². The summed E-state index contributed by atoms with van der Waals surface area (Å²) in [6.07, 6.45) is -6.52. The first-order valence-corrected chi connectivity index (χ1v) is 11.5. The Morgan fingerprint density at radius 1 is 1.18 bits per heavy atom. The number of carbonyl (C=O) groups excluding carboxylic acids is 1. The van der Waals surface area contributed by atoms with Gasteiger partial charge in [-0.15, -0.1) is 0 Å². The standard InChI is InChI=1S/C24H24F6N6O2/c25-15-3-1-2-4-18(15)38-19-6-5-16(33-23(37)17-7-9-36(34-17)13-20(26)27)22(21(19)24(28,29)30)35-10-8-32-14(11-31)12-35/h1-7,9,14,20,32H,8,10-13,31H2,(H,33,37)/t14-/m0/s1. The summed E-state index contributed by atoms with van der Waals surface area (Å²) in [6, 6.07) is 8.04. The van der Waals surface area contributed by atoms with Crippen molar-refractivity contribution in [3.05, 3.63) is 65.7 Å². The predicted molar refractivity (Wildman–Crippen MR) is 127 cm³/mol. The molecule has 0 aliphatic carbocycles. The molecule has 1 amide bonds. The Labute approximate surface area is 213 Å². The van der Waals surface area contributed by atoms with Crippen LogP contribution in [-0.2, 0) is 12.7 Å². The first kappa shape index (κ1) is 27.3. The van der Waals surface area contributed by atoms with Crippen molar-refractivity contribution in [1.82, 2.24) is 15.1 Å². The van der Waals surface area contributed by atoms with E-state index in [4.69, 9.17) is 10.5 Å². The van der Waals surface area contributed by atoms with Crippen LogP contribution < -0.4 is 26.0 Å². The second-order valence-electron chi connectivity index (χ2n) is 8.47. The molecule has 1 aliphatic heterocycles. The zero-order valence-corrected chi connectivity index (χ0v) is 19.8. The van der Waals surface area contributed by atoms with Crippen LogP contribution in [0.1, 0.15) is 16.1 Å². The number of rotatable bonds is 8. The van der Waals surface area contributed by atoms with Gasteiger partial charge in [0.2, 0.25) is 0 Å². The smallest absolute Gasteiger partial charge is 0.422 e. The summed E-state index contributed by atoms with van der Waals surface area (Å²) < 4.78 is 89.5. The maximum absolute atomic E-state index is 14.6. The van der Waals surface area contributed by atoms with Gasteiger partial charge in [0, 0.05) is 38.4 Å². The zero-order valence-electron chi connectivity index (χ0n) is 19.8. The highest BCUT2D eigenvalue weighted by Gasteiger charge is 2.41. The molecule has 14 heteroatoms. The summed E-state index contributed by atoms with van der Waals surface area (Å²) in [5.74, 6) is -2.84. The quantitative estimate of drug-likeness (QED) is 0.371. The monoisotopic (exact) mass is 542 g/mol. The molecule has 0 spiro atoms. The molecule has 0 bridgehead atoms. The van der Waals surface area contributed by atoms with Crippen LogP contribution in [0.4, 0.5) is 37.7 Å². The lowest BCUT2D eigenvalue weighted by Gasteiger charge is -2.37. The van der Waals surface area contributed by atoms with Gasteiger partial charge in [-0.25, -0.2) is 13.2 Å². The molecule has 204 valence electrons. The number of amides is 1. The lowest BCUT2D eigenvalue weighted by Crippen LogP contribution is -2.54. The van der Waals surface area contributed by atoms with E-state index < -0.39 is 53.6 Å². The fourth-order valence-electron chi connectivity index (χ4n) is 4.11. The number of benzene rings is 2. The number of nitrogens with zero attached hydrogens (tertiary/aromatic N) is 3. The van der Waals surface area contributed by atoms with E-state index in [9.17, 15) is 31.1 Å². The third-order valence-electron chi connectivity index (χ3n) is 5.78. The normalized spacial score (nSPS) is 16.1. The van der Waals surface area contributed by atoms with Crippen LogP contribution in [0.15, 0.2) is 48.7 Å². The molecule has 1 aromatic heterocycles. The average molecular weight is 542 g/mol. The van der Waals surface area contributed by atoms with E-state index in [0.717, 1.165) is 23.0 Å². The number of hydrogen-bond donors (Lipinski definition) is 3. The predicted octanol–water partition coefficient (Wildman–Crippen LogP) is 4.09. The van der Waals surface area contributed by atoms with E-state index >= 15 is 0 Å². The van der Waals surface area contributed by atoms with Gasteiger partial charge in [0.25, 0.3) is 12.3 Å². The number of carbonyl (C=O) groups is 1. The fraction of sp³-hybridized carbons (Fsp3) is 0.333. The molecule has 0 unspecified atom stereocenters. The highest BCUT2D eigenvalue weighted by atomic mass is 19.4. The van der Waals surface area contributed by atoms with Crippen molar-refractivity contribution >= 4 is 17.3 Å². The number of anilines is 2. The first-order chi connectivity index (χ1) is 18.1. The van der Waals surface area contributed by atoms with Gasteiger partial charge in [-0.2, -0.15) is 18.3 Å². The van der Waals surface area contributed by atoms with Crippen LogP contribution in [0, 0.1) is 5.82 Å². The van der Waals surface area contributed by atoms with Crippen LogP contribution >= 0.6 is 0 Å². The number of nitrogens with one attached hydrogen (secondary N) is 2. The minimum absolute atomic E-state index is 0.0780. The molecule has 0 radical (unpaired) electrons. The van der Waals surface area contributed by atoms with Gasteiger partial charge in [0.1, 0.15) is 17.9 Å². The molecular formula is C24H24F6N6O2. The lowest BCUT2D eigenvalue weighted by molar-refractivity contribution is -0.138. The molecule has 4 N–H and O–H groups in total. The minimum Gasteiger partial charge on any atom is -0.454 e. The van der Waals surface area contributed by atoms with Gasteiger partial charge >= 0.3 is 6.18 Å². The number of ether oxygens (including phenoxy) is 1. The Morgan fingerprint density at radius 2 is 1.95 bits per heavy atom. The molecule has 2 heterocycles. The Balaban J connectivity index is 1.78. The zero-order chi connectivity index (χ0) is 27.4. The minimum atomic E-state index is -4.97. The van der Waals surface area contributed by atoms with Crippen LogP contribution in [0.25, 0.3) is 0 Å². The molecule has 38 heavy (non-hydrogen) atoms. The Hall–Kier alpha value is -3.78. The van der Waals surface area contributed by atoms with E-state index in [1.165, 1.54) is 35.2 Å².